The molecule has 0 fully saturated rings. The van der Waals surface area contributed by atoms with Crippen LogP contribution in [0.2, 0.25) is 0 Å². The van der Waals surface area contributed by atoms with Crippen molar-refractivity contribution in [2.45, 2.75) is 17.9 Å². The summed E-state index contributed by atoms with van der Waals surface area (Å²) >= 11 is 0. The topological polar surface area (TPSA) is 111 Å². The van der Waals surface area contributed by atoms with E-state index in [1.165, 1.54) is 37.4 Å². The van der Waals surface area contributed by atoms with Crippen molar-refractivity contribution in [3.63, 3.8) is 0 Å². The van der Waals surface area contributed by atoms with Crippen molar-refractivity contribution >= 4 is 21.6 Å². The van der Waals surface area contributed by atoms with Crippen molar-refractivity contribution in [1.82, 2.24) is 5.32 Å². The van der Waals surface area contributed by atoms with Crippen molar-refractivity contribution in [3.8, 4) is 28.0 Å². The summed E-state index contributed by atoms with van der Waals surface area (Å²) in [6, 6.07) is 16.4. The number of carbonyl (C=O) groups is 1. The highest BCUT2D eigenvalue weighted by molar-refractivity contribution is 7.89. The van der Waals surface area contributed by atoms with E-state index in [0.29, 0.717) is 16.7 Å². The second-order valence-corrected chi connectivity index (χ2v) is 10.6. The number of benzene rings is 4. The lowest BCUT2D eigenvalue weighted by molar-refractivity contribution is 0.102. The van der Waals surface area contributed by atoms with Gasteiger partial charge in [-0.25, -0.2) is 35.5 Å². The van der Waals surface area contributed by atoms with E-state index in [2.05, 4.69) is 10.6 Å². The Hall–Kier alpha value is -4.33. The van der Waals surface area contributed by atoms with Crippen LogP contribution in [0.5, 0.6) is 5.75 Å². The molecule has 0 aliphatic carbocycles. The lowest BCUT2D eigenvalue weighted by atomic mass is 9.91. The van der Waals surface area contributed by atoms with Gasteiger partial charge in [0, 0.05) is 23.4 Å². The molecule has 4 rings (SSSR count). The molecule has 7 nitrogen and oxygen atoms in total. The molecule has 42 heavy (non-hydrogen) atoms. The monoisotopic (exact) mass is 605 g/mol. The minimum absolute atomic E-state index is 0.0415. The first kappa shape index (κ1) is 30.6. The summed E-state index contributed by atoms with van der Waals surface area (Å²) in [6.07, 6.45) is -2.64. The zero-order valence-electron chi connectivity index (χ0n) is 21.9. The first-order valence-electron chi connectivity index (χ1n) is 12.3. The third-order valence-electron chi connectivity index (χ3n) is 6.25. The number of ether oxygens (including phenoxy) is 1. The smallest absolute Gasteiger partial charge is 0.255 e. The van der Waals surface area contributed by atoms with E-state index in [0.717, 1.165) is 18.2 Å². The number of halogens is 5. The van der Waals surface area contributed by atoms with Gasteiger partial charge >= 0.3 is 0 Å². The fourth-order valence-electron chi connectivity index (χ4n) is 4.33. The predicted molar refractivity (Wildman–Crippen MR) is 147 cm³/mol. The van der Waals surface area contributed by atoms with E-state index in [-0.39, 0.29) is 39.6 Å². The van der Waals surface area contributed by atoms with Crippen LogP contribution in [0.25, 0.3) is 22.3 Å². The lowest BCUT2D eigenvalue weighted by Crippen LogP contribution is -2.21. The van der Waals surface area contributed by atoms with Crippen LogP contribution >= 0.6 is 0 Å². The fourth-order valence-corrected chi connectivity index (χ4v) is 5.01. The molecule has 0 saturated carbocycles. The highest BCUT2D eigenvalue weighted by Crippen LogP contribution is 2.37. The van der Waals surface area contributed by atoms with Crippen LogP contribution in [0.15, 0.2) is 77.7 Å². The van der Waals surface area contributed by atoms with E-state index >= 15 is 0 Å². The van der Waals surface area contributed by atoms with Crippen LogP contribution in [0.3, 0.4) is 0 Å². The summed E-state index contributed by atoms with van der Waals surface area (Å²) in [5.74, 6) is -5.14. The molecule has 0 atom stereocenters. The summed E-state index contributed by atoms with van der Waals surface area (Å²) in [5.41, 5.74) is 1.59. The van der Waals surface area contributed by atoms with Gasteiger partial charge in [0.1, 0.15) is 10.6 Å². The number of primary sulfonamides is 1. The Bertz CT molecular complexity index is 1750. The molecular formula is C29H24F5N3O4S. The van der Waals surface area contributed by atoms with Crippen molar-refractivity contribution < 1.29 is 39.9 Å². The molecule has 0 aliphatic rings. The van der Waals surface area contributed by atoms with Gasteiger partial charge in [-0.05, 0) is 64.7 Å². The first-order valence-corrected chi connectivity index (χ1v) is 13.8. The molecule has 0 radical (unpaired) electrons. The quantitative estimate of drug-likeness (QED) is 0.159. The predicted octanol–water partition coefficient (Wildman–Crippen LogP) is 5.70. The van der Waals surface area contributed by atoms with Crippen LogP contribution in [0.1, 0.15) is 15.9 Å². The SMILES string of the molecule is COc1cc(C(=O)Nc2ccc(-c3ccccc3-c3ccc(F)c(F)c3F)c(CNCC(F)F)c2)ccc1S(N)(=O)=O. The molecule has 4 N–H and O–H groups in total. The third kappa shape index (κ3) is 6.75. The Balaban J connectivity index is 1.73. The highest BCUT2D eigenvalue weighted by Gasteiger charge is 2.20. The maximum atomic E-state index is 14.7. The van der Waals surface area contributed by atoms with Crippen molar-refractivity contribution in [3.05, 3.63) is 101 Å². The fraction of sp³-hybridized carbons (Fsp3) is 0.138. The Morgan fingerprint density at radius 1 is 0.881 bits per heavy atom. The van der Waals surface area contributed by atoms with Crippen molar-refractivity contribution in [2.24, 2.45) is 5.14 Å². The second kappa shape index (κ2) is 12.7. The number of rotatable bonds is 10. The molecule has 13 heteroatoms. The average molecular weight is 606 g/mol. The van der Waals surface area contributed by atoms with Gasteiger partial charge in [-0.3, -0.25) is 4.79 Å². The molecule has 1 amide bonds. The van der Waals surface area contributed by atoms with E-state index in [9.17, 15) is 35.2 Å². The van der Waals surface area contributed by atoms with Gasteiger partial charge in [0.05, 0.1) is 13.7 Å². The Labute approximate surface area is 238 Å². The molecule has 4 aromatic rings. The van der Waals surface area contributed by atoms with Crippen molar-refractivity contribution in [2.75, 3.05) is 19.0 Å². The van der Waals surface area contributed by atoms with E-state index in [1.807, 2.05) is 0 Å². The maximum absolute atomic E-state index is 14.7. The summed E-state index contributed by atoms with van der Waals surface area (Å²) < 4.78 is 96.7. The molecule has 4 aromatic carbocycles. The molecule has 220 valence electrons. The van der Waals surface area contributed by atoms with E-state index < -0.39 is 46.4 Å². The molecule has 0 spiro atoms. The van der Waals surface area contributed by atoms with Crippen LogP contribution < -0.4 is 20.5 Å². The zero-order chi connectivity index (χ0) is 30.6. The van der Waals surface area contributed by atoms with Gasteiger partial charge in [-0.15, -0.1) is 0 Å². The number of methoxy groups -OCH3 is 1. The van der Waals surface area contributed by atoms with Crippen LogP contribution in [0.4, 0.5) is 27.6 Å². The molecule has 0 unspecified atom stereocenters. The number of hydrogen-bond donors (Lipinski definition) is 3. The van der Waals surface area contributed by atoms with Crippen LogP contribution in [0, 0.1) is 17.5 Å². The number of hydrogen-bond acceptors (Lipinski definition) is 5. The molecular weight excluding hydrogens is 581 g/mol. The van der Waals surface area contributed by atoms with Gasteiger partial charge in [-0.2, -0.15) is 0 Å². The summed E-state index contributed by atoms with van der Waals surface area (Å²) in [6.45, 7) is -0.722. The number of nitrogens with two attached hydrogens (primary N) is 1. The Morgan fingerprint density at radius 2 is 1.55 bits per heavy atom. The van der Waals surface area contributed by atoms with Crippen LogP contribution in [-0.4, -0.2) is 34.4 Å². The van der Waals surface area contributed by atoms with Gasteiger partial charge < -0.3 is 15.4 Å². The molecule has 0 bridgehead atoms. The second-order valence-electron chi connectivity index (χ2n) is 9.03. The maximum Gasteiger partial charge on any atom is 0.255 e. The van der Waals surface area contributed by atoms with Crippen molar-refractivity contribution in [1.29, 1.82) is 0 Å². The lowest BCUT2D eigenvalue weighted by Gasteiger charge is -2.17. The standard InChI is InChI=1S/C29H24F5N3O4S/c1-41-24-13-16(6-11-25(24)42(35,39)40)29(38)37-18-7-8-19(17(12-18)14-36-15-26(31)32)20-4-2-3-5-21(20)22-9-10-23(30)28(34)27(22)33/h2-13,26,36H,14-15H2,1H3,(H,37,38)(H2,35,39,40). The number of anilines is 1. The van der Waals surface area contributed by atoms with Gasteiger partial charge in [-0.1, -0.05) is 30.3 Å². The average Bonchev–Trinajstić information content (AvgIpc) is 2.95. The largest absolute Gasteiger partial charge is 0.495 e. The number of nitrogens with one attached hydrogen (secondary N) is 2. The highest BCUT2D eigenvalue weighted by atomic mass is 32.2. The number of sulfonamides is 1. The minimum atomic E-state index is -4.11. The summed E-state index contributed by atoms with van der Waals surface area (Å²) in [5, 5.41) is 10.4. The Morgan fingerprint density at radius 3 is 2.19 bits per heavy atom. The van der Waals surface area contributed by atoms with Gasteiger partial charge in [0.15, 0.2) is 17.5 Å². The Kier molecular flexibility index (Phi) is 9.24. The van der Waals surface area contributed by atoms with Crippen LogP contribution in [-0.2, 0) is 16.6 Å². The molecule has 0 aliphatic heterocycles. The number of amides is 1. The molecule has 0 heterocycles. The normalized spacial score (nSPS) is 11.5. The van der Waals surface area contributed by atoms with Gasteiger partial charge in [0.25, 0.3) is 12.3 Å². The number of alkyl halides is 2. The minimum Gasteiger partial charge on any atom is -0.495 e. The van der Waals surface area contributed by atoms with E-state index in [4.69, 9.17) is 9.88 Å². The summed E-state index contributed by atoms with van der Waals surface area (Å²) in [4.78, 5) is 12.7. The molecule has 0 saturated heterocycles. The summed E-state index contributed by atoms with van der Waals surface area (Å²) in [7, 11) is -2.89. The molecule has 0 aromatic heterocycles. The number of carbonyl (C=O) groups excluding carboxylic acids is 1. The third-order valence-corrected chi connectivity index (χ3v) is 7.20. The zero-order valence-corrected chi connectivity index (χ0v) is 22.7. The van der Waals surface area contributed by atoms with Gasteiger partial charge in [0.2, 0.25) is 10.0 Å². The first-order chi connectivity index (χ1) is 19.9. The van der Waals surface area contributed by atoms with E-state index in [1.54, 1.807) is 24.3 Å².